The van der Waals surface area contributed by atoms with E-state index in [0.29, 0.717) is 17.9 Å². The van der Waals surface area contributed by atoms with Crippen LogP contribution in [-0.2, 0) is 11.2 Å². The summed E-state index contributed by atoms with van der Waals surface area (Å²) < 4.78 is 5.57. The number of ether oxygens (including phenoxy) is 1. The van der Waals surface area contributed by atoms with Crippen LogP contribution in [0.1, 0.15) is 28.4 Å². The van der Waals surface area contributed by atoms with Gasteiger partial charge in [-0.1, -0.05) is 17.7 Å². The second-order valence-corrected chi connectivity index (χ2v) is 5.80. The summed E-state index contributed by atoms with van der Waals surface area (Å²) in [5.41, 5.74) is 3.77. The number of amides is 1. The van der Waals surface area contributed by atoms with E-state index in [-0.39, 0.29) is 18.3 Å². The molecular weight excluding hydrogens is 290 g/mol. The molecule has 0 fully saturated rings. The Kier molecular flexibility index (Phi) is 4.15. The molecule has 2 aromatic rings. The number of anilines is 1. The normalized spacial score (nSPS) is 12.9. The van der Waals surface area contributed by atoms with Gasteiger partial charge in [-0.3, -0.25) is 9.59 Å². The maximum atomic E-state index is 12.4. The predicted molar refractivity (Wildman–Crippen MR) is 89.2 cm³/mol. The number of carbonyl (C=O) groups is 2. The van der Waals surface area contributed by atoms with Crippen LogP contribution < -0.4 is 9.64 Å². The van der Waals surface area contributed by atoms with Gasteiger partial charge < -0.3 is 9.64 Å². The van der Waals surface area contributed by atoms with Gasteiger partial charge in [-0.15, -0.1) is 0 Å². The highest BCUT2D eigenvalue weighted by Gasteiger charge is 2.25. The Balaban J connectivity index is 1.68. The van der Waals surface area contributed by atoms with Crippen molar-refractivity contribution >= 4 is 17.4 Å². The zero-order valence-electron chi connectivity index (χ0n) is 13.3. The molecule has 23 heavy (non-hydrogen) atoms. The molecule has 0 spiro atoms. The van der Waals surface area contributed by atoms with Crippen LogP contribution in [0.25, 0.3) is 0 Å². The van der Waals surface area contributed by atoms with E-state index in [0.717, 1.165) is 23.2 Å². The first kappa shape index (κ1) is 15.3. The quantitative estimate of drug-likeness (QED) is 0.815. The fourth-order valence-electron chi connectivity index (χ4n) is 2.74. The number of nitrogens with zero attached hydrogens (tertiary/aromatic N) is 1. The Morgan fingerprint density at radius 2 is 1.87 bits per heavy atom. The number of benzene rings is 2. The molecule has 4 nitrogen and oxygen atoms in total. The Labute approximate surface area is 135 Å². The number of ketones is 1. The molecule has 0 radical (unpaired) electrons. The second kappa shape index (κ2) is 6.24. The molecule has 1 amide bonds. The molecule has 2 aromatic carbocycles. The smallest absolute Gasteiger partial charge is 0.264 e. The highest BCUT2D eigenvalue weighted by Crippen LogP contribution is 2.29. The first-order valence-electron chi connectivity index (χ1n) is 7.68. The third kappa shape index (κ3) is 3.26. The second-order valence-electron chi connectivity index (χ2n) is 5.80. The lowest BCUT2D eigenvalue weighted by atomic mass is 10.1. The molecule has 0 saturated heterocycles. The van der Waals surface area contributed by atoms with Crippen molar-refractivity contribution in [2.75, 3.05) is 18.1 Å². The monoisotopic (exact) mass is 309 g/mol. The lowest BCUT2D eigenvalue weighted by Gasteiger charge is -2.18. The highest BCUT2D eigenvalue weighted by atomic mass is 16.5. The molecule has 0 saturated carbocycles. The summed E-state index contributed by atoms with van der Waals surface area (Å²) in [6, 6.07) is 13.1. The van der Waals surface area contributed by atoms with Gasteiger partial charge in [-0.25, -0.2) is 0 Å². The van der Waals surface area contributed by atoms with Gasteiger partial charge in [-0.05, 0) is 56.2 Å². The van der Waals surface area contributed by atoms with Crippen molar-refractivity contribution in [2.45, 2.75) is 20.3 Å². The first-order chi connectivity index (χ1) is 11.0. The zero-order chi connectivity index (χ0) is 16.4. The van der Waals surface area contributed by atoms with E-state index in [1.54, 1.807) is 17.9 Å². The summed E-state index contributed by atoms with van der Waals surface area (Å²) in [6.45, 7) is 4.20. The highest BCUT2D eigenvalue weighted by molar-refractivity contribution is 5.99. The number of Topliss-reactive ketones (excluding diaryl/α,β-unsaturated/α-hetero) is 1. The molecule has 0 aliphatic carbocycles. The summed E-state index contributed by atoms with van der Waals surface area (Å²) in [5.74, 6) is 0.662. The molecule has 4 heteroatoms. The molecule has 0 N–H and O–H groups in total. The zero-order valence-corrected chi connectivity index (χ0v) is 13.3. The van der Waals surface area contributed by atoms with E-state index >= 15 is 0 Å². The van der Waals surface area contributed by atoms with E-state index in [1.165, 1.54) is 0 Å². The van der Waals surface area contributed by atoms with Crippen LogP contribution in [0.15, 0.2) is 42.5 Å². The largest absolute Gasteiger partial charge is 0.484 e. The summed E-state index contributed by atoms with van der Waals surface area (Å²) in [4.78, 5) is 25.6. The number of aryl methyl sites for hydroxylation is 1. The molecule has 118 valence electrons. The molecule has 0 aromatic heterocycles. The average molecular weight is 309 g/mol. The van der Waals surface area contributed by atoms with Crippen molar-refractivity contribution in [1.29, 1.82) is 0 Å². The summed E-state index contributed by atoms with van der Waals surface area (Å²) in [7, 11) is 0. The predicted octanol–water partition coefficient (Wildman–Crippen LogP) is 3.17. The minimum atomic E-state index is -0.0695. The van der Waals surface area contributed by atoms with Crippen molar-refractivity contribution in [3.05, 3.63) is 59.2 Å². The molecule has 3 rings (SSSR count). The third-order valence-electron chi connectivity index (χ3n) is 4.07. The van der Waals surface area contributed by atoms with E-state index in [4.69, 9.17) is 4.74 Å². The topological polar surface area (TPSA) is 46.6 Å². The molecule has 1 aliphatic rings. The number of hydrogen-bond donors (Lipinski definition) is 0. The van der Waals surface area contributed by atoms with Crippen LogP contribution in [-0.4, -0.2) is 24.8 Å². The lowest BCUT2D eigenvalue weighted by molar-refractivity contribution is -0.120. The van der Waals surface area contributed by atoms with Crippen LogP contribution >= 0.6 is 0 Å². The fraction of sp³-hybridized carbons (Fsp3) is 0.263. The number of hydrogen-bond acceptors (Lipinski definition) is 3. The van der Waals surface area contributed by atoms with Gasteiger partial charge in [0.1, 0.15) is 5.75 Å². The number of fused-ring (bicyclic) bond motifs is 1. The standard InChI is InChI=1S/C19H19NO3/c1-13-3-6-17(7-4-13)23-12-19(22)20-10-9-16-11-15(14(2)21)5-8-18(16)20/h3-8,11H,9-10,12H2,1-2H3. The summed E-state index contributed by atoms with van der Waals surface area (Å²) in [5, 5.41) is 0. The van der Waals surface area contributed by atoms with E-state index in [9.17, 15) is 9.59 Å². The fourth-order valence-corrected chi connectivity index (χ4v) is 2.74. The van der Waals surface area contributed by atoms with Gasteiger partial charge in [-0.2, -0.15) is 0 Å². The first-order valence-corrected chi connectivity index (χ1v) is 7.68. The Hall–Kier alpha value is -2.62. The number of rotatable bonds is 4. The van der Waals surface area contributed by atoms with E-state index < -0.39 is 0 Å². The summed E-state index contributed by atoms with van der Waals surface area (Å²) in [6.07, 6.45) is 0.771. The average Bonchev–Trinajstić information content (AvgIpc) is 2.97. The van der Waals surface area contributed by atoms with Gasteiger partial charge in [0.05, 0.1) is 0 Å². The van der Waals surface area contributed by atoms with Crippen molar-refractivity contribution < 1.29 is 14.3 Å². The third-order valence-corrected chi connectivity index (χ3v) is 4.07. The van der Waals surface area contributed by atoms with Gasteiger partial charge in [0.25, 0.3) is 5.91 Å². The lowest BCUT2D eigenvalue weighted by Crippen LogP contribution is -2.33. The van der Waals surface area contributed by atoms with Gasteiger partial charge >= 0.3 is 0 Å². The van der Waals surface area contributed by atoms with Crippen molar-refractivity contribution in [2.24, 2.45) is 0 Å². The van der Waals surface area contributed by atoms with Crippen LogP contribution in [0.4, 0.5) is 5.69 Å². The Morgan fingerprint density at radius 1 is 1.13 bits per heavy atom. The number of carbonyl (C=O) groups excluding carboxylic acids is 2. The van der Waals surface area contributed by atoms with Crippen LogP contribution in [0, 0.1) is 6.92 Å². The van der Waals surface area contributed by atoms with Crippen molar-refractivity contribution in [1.82, 2.24) is 0 Å². The van der Waals surface area contributed by atoms with Crippen molar-refractivity contribution in [3.8, 4) is 5.75 Å². The maximum Gasteiger partial charge on any atom is 0.264 e. The molecule has 1 aliphatic heterocycles. The summed E-state index contributed by atoms with van der Waals surface area (Å²) >= 11 is 0. The molecular formula is C19H19NO3. The SMILES string of the molecule is CC(=O)c1ccc2c(c1)CCN2C(=O)COc1ccc(C)cc1. The minimum Gasteiger partial charge on any atom is -0.484 e. The molecule has 1 heterocycles. The van der Waals surface area contributed by atoms with Crippen LogP contribution in [0.2, 0.25) is 0 Å². The molecule has 0 unspecified atom stereocenters. The van der Waals surface area contributed by atoms with Crippen LogP contribution in [0.3, 0.4) is 0 Å². The molecule has 0 bridgehead atoms. The van der Waals surface area contributed by atoms with Crippen molar-refractivity contribution in [3.63, 3.8) is 0 Å². The Bertz CT molecular complexity index is 750. The molecule has 0 atom stereocenters. The van der Waals surface area contributed by atoms with Gasteiger partial charge in [0.2, 0.25) is 0 Å². The minimum absolute atomic E-state index is 0.0109. The van der Waals surface area contributed by atoms with E-state index in [1.807, 2.05) is 43.3 Å². The van der Waals surface area contributed by atoms with Gasteiger partial charge in [0.15, 0.2) is 12.4 Å². The van der Waals surface area contributed by atoms with E-state index in [2.05, 4.69) is 0 Å². The van der Waals surface area contributed by atoms with Crippen LogP contribution in [0.5, 0.6) is 5.75 Å². The maximum absolute atomic E-state index is 12.4. The Morgan fingerprint density at radius 3 is 2.57 bits per heavy atom. The van der Waals surface area contributed by atoms with Gasteiger partial charge in [0, 0.05) is 17.8 Å².